The lowest BCUT2D eigenvalue weighted by molar-refractivity contribution is 0.256. The summed E-state index contributed by atoms with van der Waals surface area (Å²) in [6, 6.07) is 8.23. The van der Waals surface area contributed by atoms with E-state index < -0.39 is 16.1 Å². The molecule has 0 bridgehead atoms. The van der Waals surface area contributed by atoms with Crippen LogP contribution in [-0.2, 0) is 36.0 Å². The Morgan fingerprint density at radius 1 is 1.20 bits per heavy atom. The number of nitrogens with zero attached hydrogens (tertiary/aromatic N) is 4. The summed E-state index contributed by atoms with van der Waals surface area (Å²) in [4.78, 5) is 19.0. The first kappa shape index (κ1) is 24.7. The van der Waals surface area contributed by atoms with Gasteiger partial charge >= 0.3 is 6.03 Å². The van der Waals surface area contributed by atoms with Gasteiger partial charge in [0.2, 0.25) is 5.88 Å². The second kappa shape index (κ2) is 10.0. The second-order valence-corrected chi connectivity index (χ2v) is 10.3. The molecule has 0 radical (unpaired) electrons. The molecule has 2 aromatic heterocycles. The van der Waals surface area contributed by atoms with Gasteiger partial charge in [-0.05, 0) is 63.0 Å². The number of methoxy groups -OCH3 is 1. The van der Waals surface area contributed by atoms with Gasteiger partial charge in [-0.2, -0.15) is 13.5 Å². The van der Waals surface area contributed by atoms with Crippen molar-refractivity contribution in [3.05, 3.63) is 53.3 Å². The highest BCUT2D eigenvalue weighted by Crippen LogP contribution is 2.38. The van der Waals surface area contributed by atoms with Gasteiger partial charge in [0.1, 0.15) is 0 Å². The Hall–Kier alpha value is -3.44. The molecule has 186 valence electrons. The molecule has 0 atom stereocenters. The smallest absolute Gasteiger partial charge is 0.333 e. The largest absolute Gasteiger partial charge is 0.481 e. The Balaban J connectivity index is 1.63. The van der Waals surface area contributed by atoms with Crippen LogP contribution in [-0.4, -0.2) is 55.3 Å². The van der Waals surface area contributed by atoms with Crippen molar-refractivity contribution in [3.8, 4) is 17.0 Å². The molecule has 2 heterocycles. The van der Waals surface area contributed by atoms with Gasteiger partial charge in [-0.3, -0.25) is 4.68 Å². The van der Waals surface area contributed by atoms with E-state index in [9.17, 15) is 13.2 Å². The van der Waals surface area contributed by atoms with Crippen LogP contribution in [0, 0.1) is 0 Å². The molecule has 2 amide bonds. The average molecular weight is 499 g/mol. The number of hydrogen-bond donors (Lipinski definition) is 2. The number of benzene rings is 1. The van der Waals surface area contributed by atoms with E-state index in [1.54, 1.807) is 16.9 Å². The van der Waals surface area contributed by atoms with Crippen molar-refractivity contribution in [1.82, 2.24) is 24.4 Å². The standard InChI is InChI=1S/C24H30N6O4S/c1-5-30-18(15-29(2)3)14-22(27-30)35(32,33)28-24(31)26-23-19-8-6-7-16(19)9-10-20(23)17-11-12-25-21(13-17)34-4/h9-14H,5-8,15H2,1-4H3,(H2,26,28,31). The maximum atomic E-state index is 13.0. The number of amides is 2. The SMILES string of the molecule is CCn1nc(S(=O)(=O)NC(=O)Nc2c(-c3ccnc(OC)c3)ccc3c2CCC3)cc1CN(C)C. The predicted octanol–water partition coefficient (Wildman–Crippen LogP) is 3.03. The molecule has 0 saturated heterocycles. The fraction of sp³-hybridized carbons (Fsp3) is 0.375. The van der Waals surface area contributed by atoms with Crippen LogP contribution in [0.25, 0.3) is 11.1 Å². The Morgan fingerprint density at radius 3 is 2.71 bits per heavy atom. The minimum atomic E-state index is -4.17. The molecule has 10 nitrogen and oxygen atoms in total. The molecule has 35 heavy (non-hydrogen) atoms. The minimum Gasteiger partial charge on any atom is -0.481 e. The van der Waals surface area contributed by atoms with Crippen LogP contribution < -0.4 is 14.8 Å². The van der Waals surface area contributed by atoms with Crippen LogP contribution in [0.15, 0.2) is 41.6 Å². The number of aryl methyl sites for hydroxylation is 2. The van der Waals surface area contributed by atoms with Gasteiger partial charge in [0.05, 0.1) is 18.5 Å². The summed E-state index contributed by atoms with van der Waals surface area (Å²) in [6.07, 6.45) is 4.30. The molecule has 1 aliphatic carbocycles. The molecule has 2 N–H and O–H groups in total. The zero-order chi connectivity index (χ0) is 25.2. The van der Waals surface area contributed by atoms with Crippen molar-refractivity contribution in [2.45, 2.75) is 44.3 Å². The fourth-order valence-corrected chi connectivity index (χ4v) is 5.23. The highest BCUT2D eigenvalue weighted by Gasteiger charge is 2.25. The number of carbonyl (C=O) groups is 1. The topological polar surface area (TPSA) is 118 Å². The van der Waals surface area contributed by atoms with E-state index in [0.29, 0.717) is 24.7 Å². The number of hydrogen-bond acceptors (Lipinski definition) is 7. The first-order valence-corrected chi connectivity index (χ1v) is 12.9. The van der Waals surface area contributed by atoms with Crippen LogP contribution >= 0.6 is 0 Å². The number of anilines is 1. The number of rotatable bonds is 8. The van der Waals surface area contributed by atoms with Crippen molar-refractivity contribution < 1.29 is 17.9 Å². The number of urea groups is 1. The molecule has 11 heteroatoms. The van der Waals surface area contributed by atoms with Crippen LogP contribution in [0.4, 0.5) is 10.5 Å². The lowest BCUT2D eigenvalue weighted by atomic mass is 9.98. The van der Waals surface area contributed by atoms with Crippen molar-refractivity contribution >= 4 is 21.7 Å². The Bertz CT molecular complexity index is 1350. The van der Waals surface area contributed by atoms with Gasteiger partial charge in [0.15, 0.2) is 5.03 Å². The lowest BCUT2D eigenvalue weighted by Crippen LogP contribution is -2.35. The summed E-state index contributed by atoms with van der Waals surface area (Å²) < 4.78 is 35.0. The summed E-state index contributed by atoms with van der Waals surface area (Å²) in [5, 5.41) is 6.81. The van der Waals surface area contributed by atoms with E-state index in [1.807, 2.05) is 44.1 Å². The van der Waals surface area contributed by atoms with Crippen molar-refractivity contribution in [2.24, 2.45) is 0 Å². The van der Waals surface area contributed by atoms with Crippen LogP contribution in [0.2, 0.25) is 0 Å². The third kappa shape index (κ3) is 5.30. The number of fused-ring (bicyclic) bond motifs is 1. The Labute approximate surface area is 205 Å². The number of pyridine rings is 1. The van der Waals surface area contributed by atoms with Crippen LogP contribution in [0.3, 0.4) is 0 Å². The number of sulfonamides is 1. The van der Waals surface area contributed by atoms with Crippen molar-refractivity contribution in [1.29, 1.82) is 0 Å². The first-order valence-electron chi connectivity index (χ1n) is 11.4. The Morgan fingerprint density at radius 2 is 2.00 bits per heavy atom. The molecule has 0 unspecified atom stereocenters. The summed E-state index contributed by atoms with van der Waals surface area (Å²) in [5.41, 5.74) is 5.06. The van der Waals surface area contributed by atoms with Crippen molar-refractivity contribution in [2.75, 3.05) is 26.5 Å². The Kier molecular flexibility index (Phi) is 7.08. The lowest BCUT2D eigenvalue weighted by Gasteiger charge is -2.17. The summed E-state index contributed by atoms with van der Waals surface area (Å²) in [6.45, 7) is 2.92. The summed E-state index contributed by atoms with van der Waals surface area (Å²) in [7, 11) is 1.15. The minimum absolute atomic E-state index is 0.191. The molecular weight excluding hydrogens is 468 g/mol. The maximum absolute atomic E-state index is 13.0. The molecule has 4 rings (SSSR count). The van der Waals surface area contributed by atoms with Gasteiger partial charge in [-0.1, -0.05) is 12.1 Å². The number of aromatic nitrogens is 3. The molecule has 0 spiro atoms. The predicted molar refractivity (Wildman–Crippen MR) is 133 cm³/mol. The molecule has 1 aliphatic rings. The van der Waals surface area contributed by atoms with Gasteiger partial charge in [-0.15, -0.1) is 0 Å². The zero-order valence-electron chi connectivity index (χ0n) is 20.3. The molecular formula is C24H30N6O4S. The summed E-state index contributed by atoms with van der Waals surface area (Å²) in [5.74, 6) is 0.445. The quantitative estimate of drug-likeness (QED) is 0.490. The van der Waals surface area contributed by atoms with E-state index in [1.165, 1.54) is 13.2 Å². The van der Waals surface area contributed by atoms with Gasteiger partial charge < -0.3 is 15.0 Å². The van der Waals surface area contributed by atoms with E-state index in [2.05, 4.69) is 20.1 Å². The monoisotopic (exact) mass is 498 g/mol. The van der Waals surface area contributed by atoms with Crippen LogP contribution in [0.1, 0.15) is 30.2 Å². The highest BCUT2D eigenvalue weighted by molar-refractivity contribution is 7.90. The van der Waals surface area contributed by atoms with Gasteiger partial charge in [0, 0.05) is 37.0 Å². The second-order valence-electron chi connectivity index (χ2n) is 8.65. The van der Waals surface area contributed by atoms with E-state index in [4.69, 9.17) is 4.74 Å². The molecule has 1 aromatic carbocycles. The van der Waals surface area contributed by atoms with Crippen LogP contribution in [0.5, 0.6) is 5.88 Å². The maximum Gasteiger partial charge on any atom is 0.333 e. The van der Waals surface area contributed by atoms with E-state index >= 15 is 0 Å². The number of carbonyl (C=O) groups excluding carboxylic acids is 1. The first-order chi connectivity index (χ1) is 16.7. The molecule has 0 fully saturated rings. The van der Waals surface area contributed by atoms with E-state index in [0.717, 1.165) is 47.2 Å². The van der Waals surface area contributed by atoms with Gasteiger partial charge in [0.25, 0.3) is 10.0 Å². The van der Waals surface area contributed by atoms with E-state index in [-0.39, 0.29) is 5.03 Å². The zero-order valence-corrected chi connectivity index (χ0v) is 21.1. The number of ether oxygens (including phenoxy) is 1. The van der Waals surface area contributed by atoms with Crippen molar-refractivity contribution in [3.63, 3.8) is 0 Å². The average Bonchev–Trinajstić information content (AvgIpc) is 3.46. The number of nitrogens with one attached hydrogen (secondary N) is 2. The molecule has 0 aliphatic heterocycles. The highest BCUT2D eigenvalue weighted by atomic mass is 32.2. The molecule has 3 aromatic rings. The van der Waals surface area contributed by atoms with Gasteiger partial charge in [-0.25, -0.2) is 14.5 Å². The third-order valence-corrected chi connectivity index (χ3v) is 7.10. The normalized spacial score (nSPS) is 13.1. The molecule has 0 saturated carbocycles. The summed E-state index contributed by atoms with van der Waals surface area (Å²) >= 11 is 0. The third-order valence-electron chi connectivity index (χ3n) is 5.90. The fourth-order valence-electron chi connectivity index (χ4n) is 4.34.